The van der Waals surface area contributed by atoms with E-state index in [1.807, 2.05) is 13.0 Å². The minimum atomic E-state index is -1.09. The highest BCUT2D eigenvalue weighted by Crippen LogP contribution is 2.35. The molecule has 1 fully saturated rings. The molecule has 1 heterocycles. The third-order valence-corrected chi connectivity index (χ3v) is 5.65. The minimum Gasteiger partial charge on any atom is -0.493 e. The van der Waals surface area contributed by atoms with Gasteiger partial charge in [-0.3, -0.25) is 9.78 Å². The van der Waals surface area contributed by atoms with E-state index in [1.165, 1.54) is 0 Å². The molecule has 2 aromatic rings. The van der Waals surface area contributed by atoms with E-state index in [2.05, 4.69) is 10.3 Å². The van der Waals surface area contributed by atoms with Crippen molar-refractivity contribution in [2.75, 3.05) is 18.9 Å². The van der Waals surface area contributed by atoms with Crippen LogP contribution in [0, 0.1) is 18.8 Å². The number of nitrogens with two attached hydrogens (primary N) is 1. The van der Waals surface area contributed by atoms with Gasteiger partial charge in [-0.15, -0.1) is 0 Å². The Balaban J connectivity index is 1.68. The van der Waals surface area contributed by atoms with Crippen molar-refractivity contribution in [3.63, 3.8) is 0 Å². The van der Waals surface area contributed by atoms with Crippen LogP contribution in [0.2, 0.25) is 0 Å². The van der Waals surface area contributed by atoms with Crippen LogP contribution in [0.4, 0.5) is 5.69 Å². The Morgan fingerprint density at radius 3 is 2.66 bits per heavy atom. The highest BCUT2D eigenvalue weighted by molar-refractivity contribution is 6.06. The van der Waals surface area contributed by atoms with Gasteiger partial charge in [-0.2, -0.15) is 0 Å². The monoisotopic (exact) mass is 399 g/mol. The number of fused-ring (bicyclic) bond motifs is 1. The number of hydrogen-bond donors (Lipinski definition) is 3. The summed E-state index contributed by atoms with van der Waals surface area (Å²) in [6.45, 7) is 4.93. The normalized spacial score (nSPS) is 19.1. The lowest BCUT2D eigenvalue weighted by atomic mass is 9.82. The number of aryl methyl sites for hydroxylation is 1. The Hall–Kier alpha value is -2.83. The quantitative estimate of drug-likeness (QED) is 0.656. The molecular formula is C22H29N3O4. The van der Waals surface area contributed by atoms with Crippen molar-refractivity contribution in [2.24, 2.45) is 11.8 Å². The zero-order valence-corrected chi connectivity index (χ0v) is 17.0. The number of ether oxygens (including phenoxy) is 1. The first kappa shape index (κ1) is 20.9. The highest BCUT2D eigenvalue weighted by Gasteiger charge is 2.27. The number of nitrogen functional groups attached to an aromatic ring is 1. The fraction of sp³-hybridized carbons (Fsp3) is 0.500. The van der Waals surface area contributed by atoms with Gasteiger partial charge in [-0.05, 0) is 57.1 Å². The smallest absolute Gasteiger partial charge is 0.339 e. The van der Waals surface area contributed by atoms with Gasteiger partial charge in [0.2, 0.25) is 5.91 Å². The summed E-state index contributed by atoms with van der Waals surface area (Å²) in [6, 6.07) is 5.43. The summed E-state index contributed by atoms with van der Waals surface area (Å²) in [5.74, 6) is 0.0766. The van der Waals surface area contributed by atoms with Crippen molar-refractivity contribution < 1.29 is 19.4 Å². The second kappa shape index (κ2) is 9.11. The van der Waals surface area contributed by atoms with Gasteiger partial charge in [0.05, 0.1) is 28.9 Å². The van der Waals surface area contributed by atoms with E-state index in [0.717, 1.165) is 38.6 Å². The van der Waals surface area contributed by atoms with Crippen molar-refractivity contribution in [3.8, 4) is 5.75 Å². The zero-order chi connectivity index (χ0) is 21.0. The van der Waals surface area contributed by atoms with Crippen molar-refractivity contribution in [1.82, 2.24) is 10.3 Å². The van der Waals surface area contributed by atoms with Gasteiger partial charge < -0.3 is 20.9 Å². The number of nitrogens with one attached hydrogen (secondary N) is 1. The average Bonchev–Trinajstić information content (AvgIpc) is 2.70. The van der Waals surface area contributed by atoms with Crippen LogP contribution in [0.3, 0.4) is 0 Å². The number of carbonyl (C=O) groups excluding carboxylic acids is 1. The molecule has 1 aromatic heterocycles. The van der Waals surface area contributed by atoms with Crippen LogP contribution in [0.25, 0.3) is 10.9 Å². The van der Waals surface area contributed by atoms with E-state index in [4.69, 9.17) is 10.5 Å². The number of carbonyl (C=O) groups is 2. The van der Waals surface area contributed by atoms with Gasteiger partial charge in [0, 0.05) is 12.5 Å². The standard InChI is InChI=1S/C22H29N3O4/c1-3-11-24-21(26)15-9-7-14(8-10-15)12-29-17-6-4-5-16-19(17)20(23)18(22(27)28)13(2)25-16/h4-6,14-15H,3,7-12H2,1-2H3,(H2,23,25)(H,24,26)(H,27,28). The first-order valence-electron chi connectivity index (χ1n) is 10.2. The molecular weight excluding hydrogens is 370 g/mol. The van der Waals surface area contributed by atoms with Crippen LogP contribution in [0.5, 0.6) is 5.75 Å². The summed E-state index contributed by atoms with van der Waals surface area (Å²) < 4.78 is 6.06. The van der Waals surface area contributed by atoms with Crippen LogP contribution >= 0.6 is 0 Å². The van der Waals surface area contributed by atoms with Crippen molar-refractivity contribution in [1.29, 1.82) is 0 Å². The van der Waals surface area contributed by atoms with E-state index in [9.17, 15) is 14.7 Å². The molecule has 0 bridgehead atoms. The highest BCUT2D eigenvalue weighted by atomic mass is 16.5. The summed E-state index contributed by atoms with van der Waals surface area (Å²) in [6.07, 6.45) is 4.54. The lowest BCUT2D eigenvalue weighted by molar-refractivity contribution is -0.126. The van der Waals surface area contributed by atoms with Gasteiger partial charge in [0.15, 0.2) is 0 Å². The second-order valence-corrected chi connectivity index (χ2v) is 7.76. The Morgan fingerprint density at radius 2 is 2.00 bits per heavy atom. The van der Waals surface area contributed by atoms with Gasteiger partial charge >= 0.3 is 5.97 Å². The Morgan fingerprint density at radius 1 is 1.28 bits per heavy atom. The molecule has 7 nitrogen and oxygen atoms in total. The van der Waals surface area contributed by atoms with Gasteiger partial charge in [0.25, 0.3) is 0 Å². The number of benzene rings is 1. The first-order chi connectivity index (χ1) is 13.9. The minimum absolute atomic E-state index is 0.0205. The number of anilines is 1. The van der Waals surface area contributed by atoms with Crippen LogP contribution in [-0.2, 0) is 4.79 Å². The van der Waals surface area contributed by atoms with E-state index in [0.29, 0.717) is 34.9 Å². The second-order valence-electron chi connectivity index (χ2n) is 7.76. The maximum absolute atomic E-state index is 12.1. The number of aromatic carboxylic acids is 1. The fourth-order valence-corrected chi connectivity index (χ4v) is 4.02. The summed E-state index contributed by atoms with van der Waals surface area (Å²) in [7, 11) is 0. The first-order valence-corrected chi connectivity index (χ1v) is 10.2. The lowest BCUT2D eigenvalue weighted by Gasteiger charge is -2.28. The van der Waals surface area contributed by atoms with Crippen LogP contribution in [-0.4, -0.2) is 35.1 Å². The van der Waals surface area contributed by atoms with Crippen molar-refractivity contribution >= 4 is 28.5 Å². The van der Waals surface area contributed by atoms with Gasteiger partial charge in [-0.25, -0.2) is 4.79 Å². The molecule has 1 saturated carbocycles. The molecule has 0 aliphatic heterocycles. The lowest BCUT2D eigenvalue weighted by Crippen LogP contribution is -2.34. The van der Waals surface area contributed by atoms with E-state index in [-0.39, 0.29) is 23.1 Å². The molecule has 0 atom stereocenters. The van der Waals surface area contributed by atoms with Gasteiger partial charge in [-0.1, -0.05) is 13.0 Å². The molecule has 29 heavy (non-hydrogen) atoms. The largest absolute Gasteiger partial charge is 0.493 e. The predicted octanol–water partition coefficient (Wildman–Crippen LogP) is 3.54. The number of hydrogen-bond acceptors (Lipinski definition) is 5. The number of carboxylic acids is 1. The molecule has 156 valence electrons. The number of nitrogens with zero attached hydrogens (tertiary/aromatic N) is 1. The molecule has 0 radical (unpaired) electrons. The Kier molecular flexibility index (Phi) is 6.56. The molecule has 1 amide bonds. The molecule has 0 spiro atoms. The van der Waals surface area contributed by atoms with Gasteiger partial charge in [0.1, 0.15) is 11.3 Å². The average molecular weight is 399 g/mol. The fourth-order valence-electron chi connectivity index (χ4n) is 4.02. The maximum Gasteiger partial charge on any atom is 0.339 e. The molecule has 7 heteroatoms. The van der Waals surface area contributed by atoms with E-state index >= 15 is 0 Å². The van der Waals surface area contributed by atoms with Crippen LogP contribution in [0.1, 0.15) is 55.1 Å². The van der Waals surface area contributed by atoms with E-state index < -0.39 is 5.97 Å². The topological polar surface area (TPSA) is 115 Å². The number of amides is 1. The summed E-state index contributed by atoms with van der Waals surface area (Å²) >= 11 is 0. The number of pyridine rings is 1. The SMILES string of the molecule is CCCNC(=O)C1CCC(COc2cccc3nc(C)c(C(=O)O)c(N)c23)CC1. The molecule has 3 rings (SSSR count). The number of carboxylic acid groups (broad SMARTS) is 1. The Labute approximate surface area is 170 Å². The molecule has 4 N–H and O–H groups in total. The molecule has 0 unspecified atom stereocenters. The summed E-state index contributed by atoms with van der Waals surface area (Å²) in [5.41, 5.74) is 7.40. The molecule has 1 aromatic carbocycles. The van der Waals surface area contributed by atoms with Crippen molar-refractivity contribution in [3.05, 3.63) is 29.5 Å². The maximum atomic E-state index is 12.1. The van der Waals surface area contributed by atoms with Crippen LogP contribution in [0.15, 0.2) is 18.2 Å². The predicted molar refractivity (Wildman–Crippen MR) is 112 cm³/mol. The van der Waals surface area contributed by atoms with Crippen LogP contribution < -0.4 is 15.8 Å². The number of rotatable bonds is 7. The summed E-state index contributed by atoms with van der Waals surface area (Å²) in [4.78, 5) is 28.1. The molecule has 1 aliphatic rings. The van der Waals surface area contributed by atoms with E-state index in [1.54, 1.807) is 19.1 Å². The van der Waals surface area contributed by atoms with Crippen molar-refractivity contribution in [2.45, 2.75) is 46.0 Å². The summed E-state index contributed by atoms with van der Waals surface area (Å²) in [5, 5.41) is 13.0. The Bertz CT molecular complexity index is 905. The third kappa shape index (κ3) is 4.60. The third-order valence-electron chi connectivity index (χ3n) is 5.65. The molecule has 0 saturated heterocycles. The molecule has 1 aliphatic carbocycles. The zero-order valence-electron chi connectivity index (χ0n) is 17.0. The number of aromatic nitrogens is 1.